The van der Waals surface area contributed by atoms with E-state index in [2.05, 4.69) is 4.98 Å². The third-order valence-corrected chi connectivity index (χ3v) is 3.94. The molecule has 0 aliphatic heterocycles. The van der Waals surface area contributed by atoms with E-state index in [4.69, 9.17) is 4.42 Å². The molecule has 0 aliphatic carbocycles. The van der Waals surface area contributed by atoms with E-state index in [1.807, 2.05) is 35.7 Å². The predicted octanol–water partition coefficient (Wildman–Crippen LogP) is 4.14. The summed E-state index contributed by atoms with van der Waals surface area (Å²) in [4.78, 5) is 16.7. The lowest BCUT2D eigenvalue weighted by Gasteiger charge is -1.96. The van der Waals surface area contributed by atoms with Crippen LogP contribution in [-0.4, -0.2) is 10.8 Å². The summed E-state index contributed by atoms with van der Waals surface area (Å²) in [5, 5.41) is 2.81. The summed E-state index contributed by atoms with van der Waals surface area (Å²) in [6.07, 6.45) is 1.86. The fraction of sp³-hybridized carbons (Fsp3) is 0.125. The second-order valence-electron chi connectivity index (χ2n) is 4.48. The molecule has 1 aromatic carbocycles. The molecule has 20 heavy (non-hydrogen) atoms. The van der Waals surface area contributed by atoms with E-state index in [1.165, 1.54) is 11.3 Å². The first-order chi connectivity index (χ1) is 9.74. The number of hydrogen-bond acceptors (Lipinski definition) is 4. The Morgan fingerprint density at radius 3 is 2.75 bits per heavy atom. The van der Waals surface area contributed by atoms with E-state index in [0.717, 1.165) is 16.3 Å². The fourth-order valence-corrected chi connectivity index (χ4v) is 2.84. The van der Waals surface area contributed by atoms with Crippen molar-refractivity contribution in [3.63, 3.8) is 0 Å². The van der Waals surface area contributed by atoms with Gasteiger partial charge in [0, 0.05) is 10.9 Å². The Balaban J connectivity index is 1.78. The molecule has 0 bridgehead atoms. The van der Waals surface area contributed by atoms with Crippen molar-refractivity contribution in [1.29, 1.82) is 0 Å². The van der Waals surface area contributed by atoms with Crippen LogP contribution in [0.3, 0.4) is 0 Å². The van der Waals surface area contributed by atoms with Gasteiger partial charge in [-0.3, -0.25) is 4.79 Å². The Bertz CT molecular complexity index is 728. The van der Waals surface area contributed by atoms with E-state index in [1.54, 1.807) is 19.3 Å². The van der Waals surface area contributed by atoms with Crippen LogP contribution < -0.4 is 0 Å². The first-order valence-corrected chi connectivity index (χ1v) is 7.19. The smallest absolute Gasteiger partial charge is 0.173 e. The predicted molar refractivity (Wildman–Crippen MR) is 79.0 cm³/mol. The normalized spacial score (nSPS) is 10.7. The van der Waals surface area contributed by atoms with Crippen molar-refractivity contribution in [2.24, 2.45) is 0 Å². The lowest BCUT2D eigenvalue weighted by Crippen LogP contribution is -2.03. The molecule has 0 unspecified atom stereocenters. The van der Waals surface area contributed by atoms with E-state index in [9.17, 15) is 4.79 Å². The molecule has 100 valence electrons. The van der Waals surface area contributed by atoms with Crippen LogP contribution in [0.25, 0.3) is 11.3 Å². The van der Waals surface area contributed by atoms with Crippen molar-refractivity contribution in [2.45, 2.75) is 13.3 Å². The molecule has 0 N–H and O–H groups in total. The zero-order valence-corrected chi connectivity index (χ0v) is 11.8. The molecule has 0 spiro atoms. The summed E-state index contributed by atoms with van der Waals surface area (Å²) >= 11 is 1.51. The summed E-state index contributed by atoms with van der Waals surface area (Å²) in [6, 6.07) is 11.7. The number of aryl methyl sites for hydroxylation is 1. The van der Waals surface area contributed by atoms with Crippen LogP contribution in [0.2, 0.25) is 0 Å². The molecule has 3 rings (SSSR count). The number of furan rings is 1. The van der Waals surface area contributed by atoms with Gasteiger partial charge < -0.3 is 4.42 Å². The third kappa shape index (κ3) is 2.56. The minimum absolute atomic E-state index is 0.0465. The number of rotatable bonds is 4. The molecule has 0 saturated carbocycles. The van der Waals surface area contributed by atoms with Crippen molar-refractivity contribution in [1.82, 2.24) is 4.98 Å². The molecule has 3 aromatic rings. The summed E-state index contributed by atoms with van der Waals surface area (Å²) in [5.41, 5.74) is 2.63. The summed E-state index contributed by atoms with van der Waals surface area (Å²) in [6.45, 7) is 1.80. The van der Waals surface area contributed by atoms with E-state index in [0.29, 0.717) is 17.7 Å². The Morgan fingerprint density at radius 2 is 2.05 bits per heavy atom. The van der Waals surface area contributed by atoms with Gasteiger partial charge in [0.15, 0.2) is 5.78 Å². The number of carbonyl (C=O) groups excluding carboxylic acids is 1. The Morgan fingerprint density at radius 1 is 1.25 bits per heavy atom. The fourth-order valence-electron chi connectivity index (χ4n) is 2.04. The number of ketones is 1. The highest BCUT2D eigenvalue weighted by atomic mass is 32.1. The number of hydrogen-bond donors (Lipinski definition) is 0. The maximum absolute atomic E-state index is 12.1. The molecule has 4 heteroatoms. The van der Waals surface area contributed by atoms with Crippen molar-refractivity contribution in [3.05, 3.63) is 64.4 Å². The van der Waals surface area contributed by atoms with Crippen LogP contribution in [0.15, 0.2) is 52.5 Å². The van der Waals surface area contributed by atoms with Crippen LogP contribution in [0, 0.1) is 6.92 Å². The van der Waals surface area contributed by atoms with Gasteiger partial charge in [-0.1, -0.05) is 30.3 Å². The molecule has 2 heterocycles. The molecule has 0 atom stereocenters. The largest absolute Gasteiger partial charge is 0.469 e. The number of Topliss-reactive ketones (excluding diaryl/α,β-unsaturated/α-hetero) is 1. The van der Waals surface area contributed by atoms with Crippen LogP contribution in [0.4, 0.5) is 0 Å². The molecule has 0 fully saturated rings. The average molecular weight is 283 g/mol. The highest BCUT2D eigenvalue weighted by molar-refractivity contribution is 7.10. The standard InChI is InChI=1S/C16H13NO2S/c1-11-13(7-8-19-11)15(18)9-16-17-14(10-20-16)12-5-3-2-4-6-12/h2-8,10H,9H2,1H3. The van der Waals surface area contributed by atoms with Crippen LogP contribution in [0.5, 0.6) is 0 Å². The van der Waals surface area contributed by atoms with Gasteiger partial charge in [0.05, 0.1) is 23.9 Å². The summed E-state index contributed by atoms with van der Waals surface area (Å²) in [5.74, 6) is 0.708. The van der Waals surface area contributed by atoms with Gasteiger partial charge in [0.1, 0.15) is 10.8 Å². The molecule has 0 radical (unpaired) electrons. The second-order valence-corrected chi connectivity index (χ2v) is 5.43. The maximum Gasteiger partial charge on any atom is 0.173 e. The highest BCUT2D eigenvalue weighted by Gasteiger charge is 2.14. The van der Waals surface area contributed by atoms with Crippen molar-refractivity contribution in [2.75, 3.05) is 0 Å². The van der Waals surface area contributed by atoms with Gasteiger partial charge in [-0.15, -0.1) is 11.3 Å². The molecule has 0 saturated heterocycles. The average Bonchev–Trinajstić information content (AvgIpc) is 3.09. The van der Waals surface area contributed by atoms with Crippen molar-refractivity contribution in [3.8, 4) is 11.3 Å². The van der Waals surface area contributed by atoms with Gasteiger partial charge in [0.25, 0.3) is 0 Å². The summed E-state index contributed by atoms with van der Waals surface area (Å²) < 4.78 is 5.16. The third-order valence-electron chi connectivity index (χ3n) is 3.09. The SMILES string of the molecule is Cc1occc1C(=O)Cc1nc(-c2ccccc2)cs1. The first-order valence-electron chi connectivity index (χ1n) is 6.31. The van der Waals surface area contributed by atoms with Gasteiger partial charge in [-0.2, -0.15) is 0 Å². The summed E-state index contributed by atoms with van der Waals surface area (Å²) in [7, 11) is 0. The minimum Gasteiger partial charge on any atom is -0.469 e. The zero-order chi connectivity index (χ0) is 13.9. The Hall–Kier alpha value is -2.20. The second kappa shape index (κ2) is 5.43. The van der Waals surface area contributed by atoms with E-state index in [-0.39, 0.29) is 5.78 Å². The molecule has 0 aliphatic rings. The van der Waals surface area contributed by atoms with Crippen molar-refractivity contribution >= 4 is 17.1 Å². The lowest BCUT2D eigenvalue weighted by atomic mass is 10.1. The first kappa shape index (κ1) is 12.8. The quantitative estimate of drug-likeness (QED) is 0.676. The number of aromatic nitrogens is 1. The van der Waals surface area contributed by atoms with Crippen LogP contribution in [0.1, 0.15) is 21.1 Å². The Labute approximate surface area is 120 Å². The molecule has 2 aromatic heterocycles. The number of nitrogens with zero attached hydrogens (tertiary/aromatic N) is 1. The van der Waals surface area contributed by atoms with Gasteiger partial charge in [-0.05, 0) is 13.0 Å². The molecular weight excluding hydrogens is 270 g/mol. The number of thiazole rings is 1. The van der Waals surface area contributed by atoms with Crippen LogP contribution in [-0.2, 0) is 6.42 Å². The van der Waals surface area contributed by atoms with Crippen molar-refractivity contribution < 1.29 is 9.21 Å². The highest BCUT2D eigenvalue weighted by Crippen LogP contribution is 2.23. The molecule has 0 amide bonds. The Kier molecular flexibility index (Phi) is 3.48. The molecule has 3 nitrogen and oxygen atoms in total. The van der Waals surface area contributed by atoms with Gasteiger partial charge in [-0.25, -0.2) is 4.98 Å². The van der Waals surface area contributed by atoms with Crippen LogP contribution >= 0.6 is 11.3 Å². The minimum atomic E-state index is 0.0465. The van der Waals surface area contributed by atoms with Gasteiger partial charge >= 0.3 is 0 Å². The van der Waals surface area contributed by atoms with E-state index < -0.39 is 0 Å². The van der Waals surface area contributed by atoms with Gasteiger partial charge in [0.2, 0.25) is 0 Å². The lowest BCUT2D eigenvalue weighted by molar-refractivity contribution is 0.0991. The number of benzene rings is 1. The topological polar surface area (TPSA) is 43.1 Å². The van der Waals surface area contributed by atoms with E-state index >= 15 is 0 Å². The maximum atomic E-state index is 12.1. The number of carbonyl (C=O) groups is 1. The molecular formula is C16H13NO2S. The zero-order valence-electron chi connectivity index (χ0n) is 11.0. The monoisotopic (exact) mass is 283 g/mol.